The molecule has 1 N–H and O–H groups in total. The van der Waals surface area contributed by atoms with Gasteiger partial charge in [-0.2, -0.15) is 0 Å². The zero-order chi connectivity index (χ0) is 17.2. The van der Waals surface area contributed by atoms with Gasteiger partial charge in [-0.15, -0.1) is 0 Å². The van der Waals surface area contributed by atoms with Crippen molar-refractivity contribution in [1.82, 2.24) is 15.1 Å². The summed E-state index contributed by atoms with van der Waals surface area (Å²) in [5.41, 5.74) is 1.23. The van der Waals surface area contributed by atoms with Crippen molar-refractivity contribution in [2.75, 3.05) is 40.8 Å². The minimum absolute atomic E-state index is 0.546. The van der Waals surface area contributed by atoms with Crippen LogP contribution in [0, 0.1) is 0 Å². The zero-order valence-electron chi connectivity index (χ0n) is 15.5. The van der Waals surface area contributed by atoms with Gasteiger partial charge in [0.1, 0.15) is 5.75 Å². The van der Waals surface area contributed by atoms with Crippen molar-refractivity contribution in [2.45, 2.75) is 33.4 Å². The summed E-state index contributed by atoms with van der Waals surface area (Å²) in [6, 6.07) is 8.71. The van der Waals surface area contributed by atoms with Gasteiger partial charge in [0.05, 0.1) is 13.7 Å². The second-order valence-electron chi connectivity index (χ2n) is 6.01. The van der Waals surface area contributed by atoms with E-state index in [1.807, 2.05) is 12.1 Å². The summed E-state index contributed by atoms with van der Waals surface area (Å²) < 4.78 is 5.20. The van der Waals surface area contributed by atoms with Crippen LogP contribution in [0.15, 0.2) is 29.3 Å². The molecule has 0 bridgehead atoms. The van der Waals surface area contributed by atoms with Crippen LogP contribution in [-0.2, 0) is 6.54 Å². The summed E-state index contributed by atoms with van der Waals surface area (Å²) in [4.78, 5) is 9.19. The summed E-state index contributed by atoms with van der Waals surface area (Å²) in [6.45, 7) is 9.93. The van der Waals surface area contributed by atoms with Crippen LogP contribution < -0.4 is 10.1 Å². The summed E-state index contributed by atoms with van der Waals surface area (Å²) >= 11 is 0. The topological polar surface area (TPSA) is 40.1 Å². The summed E-state index contributed by atoms with van der Waals surface area (Å²) in [5, 5.41) is 3.36. The van der Waals surface area contributed by atoms with E-state index < -0.39 is 0 Å². The van der Waals surface area contributed by atoms with Crippen molar-refractivity contribution in [3.63, 3.8) is 0 Å². The highest BCUT2D eigenvalue weighted by atomic mass is 16.5. The lowest BCUT2D eigenvalue weighted by molar-refractivity contribution is 0.281. The Balaban J connectivity index is 2.63. The molecule has 0 amide bonds. The number of hydrogen-bond donors (Lipinski definition) is 1. The molecular formula is C18H32N4O. The molecule has 0 fully saturated rings. The highest BCUT2D eigenvalue weighted by Gasteiger charge is 2.07. The molecule has 23 heavy (non-hydrogen) atoms. The van der Waals surface area contributed by atoms with Gasteiger partial charge in [0, 0.05) is 32.7 Å². The first-order valence-electron chi connectivity index (χ1n) is 8.30. The van der Waals surface area contributed by atoms with Crippen molar-refractivity contribution < 1.29 is 4.74 Å². The molecule has 0 radical (unpaired) electrons. The number of aliphatic imine (C=N–C) groups is 1. The van der Waals surface area contributed by atoms with Crippen molar-refractivity contribution in [3.05, 3.63) is 29.8 Å². The van der Waals surface area contributed by atoms with Crippen LogP contribution in [0.25, 0.3) is 0 Å². The molecule has 5 heteroatoms. The van der Waals surface area contributed by atoms with Crippen LogP contribution in [0.1, 0.15) is 26.3 Å². The van der Waals surface area contributed by atoms with Gasteiger partial charge in [0.2, 0.25) is 0 Å². The van der Waals surface area contributed by atoms with Crippen molar-refractivity contribution >= 4 is 5.96 Å². The van der Waals surface area contributed by atoms with Gasteiger partial charge in [-0.25, -0.2) is 0 Å². The Morgan fingerprint density at radius 2 is 1.87 bits per heavy atom. The highest BCUT2D eigenvalue weighted by Crippen LogP contribution is 2.12. The van der Waals surface area contributed by atoms with Crippen LogP contribution >= 0.6 is 0 Å². The Morgan fingerprint density at radius 1 is 1.22 bits per heavy atom. The Bertz CT molecular complexity index is 470. The number of nitrogens with one attached hydrogen (secondary N) is 1. The monoisotopic (exact) mass is 320 g/mol. The summed E-state index contributed by atoms with van der Waals surface area (Å²) in [7, 11) is 5.89. The third kappa shape index (κ3) is 6.91. The predicted octanol–water partition coefficient (Wildman–Crippen LogP) is 2.43. The Labute approximate surface area is 141 Å². The fourth-order valence-electron chi connectivity index (χ4n) is 2.12. The Kier molecular flexibility index (Phi) is 8.48. The van der Waals surface area contributed by atoms with Gasteiger partial charge in [0.25, 0.3) is 0 Å². The average Bonchev–Trinajstić information content (AvgIpc) is 2.54. The largest absolute Gasteiger partial charge is 0.497 e. The molecule has 0 saturated heterocycles. The molecule has 0 spiro atoms. The molecule has 0 atom stereocenters. The highest BCUT2D eigenvalue weighted by molar-refractivity contribution is 5.79. The van der Waals surface area contributed by atoms with E-state index in [0.29, 0.717) is 6.04 Å². The second kappa shape index (κ2) is 10.1. The minimum atomic E-state index is 0.546. The van der Waals surface area contributed by atoms with E-state index >= 15 is 0 Å². The molecule has 0 aromatic heterocycles. The van der Waals surface area contributed by atoms with E-state index in [2.05, 4.69) is 62.1 Å². The summed E-state index contributed by atoms with van der Waals surface area (Å²) in [5.74, 6) is 1.83. The molecular weight excluding hydrogens is 288 g/mol. The number of ether oxygens (including phenoxy) is 1. The second-order valence-corrected chi connectivity index (χ2v) is 6.01. The number of guanidine groups is 1. The summed E-state index contributed by atoms with van der Waals surface area (Å²) in [6.07, 6.45) is 0. The van der Waals surface area contributed by atoms with Gasteiger partial charge < -0.3 is 19.9 Å². The maximum Gasteiger partial charge on any atom is 0.194 e. The van der Waals surface area contributed by atoms with Crippen LogP contribution in [0.4, 0.5) is 0 Å². The van der Waals surface area contributed by atoms with E-state index in [0.717, 1.165) is 37.9 Å². The van der Waals surface area contributed by atoms with Crippen LogP contribution in [-0.4, -0.2) is 62.6 Å². The van der Waals surface area contributed by atoms with Crippen LogP contribution in [0.2, 0.25) is 0 Å². The smallest absolute Gasteiger partial charge is 0.194 e. The molecule has 5 nitrogen and oxygen atoms in total. The molecule has 1 aromatic carbocycles. The lowest BCUT2D eigenvalue weighted by Gasteiger charge is -2.23. The van der Waals surface area contributed by atoms with Crippen LogP contribution in [0.5, 0.6) is 5.75 Å². The van der Waals surface area contributed by atoms with E-state index in [9.17, 15) is 0 Å². The van der Waals surface area contributed by atoms with Gasteiger partial charge in [-0.3, -0.25) is 4.99 Å². The fourth-order valence-corrected chi connectivity index (χ4v) is 2.12. The Morgan fingerprint density at radius 3 is 2.39 bits per heavy atom. The molecule has 1 rings (SSSR count). The molecule has 0 aliphatic heterocycles. The van der Waals surface area contributed by atoms with E-state index in [1.54, 1.807) is 7.11 Å². The standard InChI is InChI=1S/C18H32N4O/c1-7-19-18(20-12-13-21(4)15(2)3)22(5)14-16-8-10-17(23-6)11-9-16/h8-11,15H,7,12-14H2,1-6H3,(H,19,20). The number of nitrogens with zero attached hydrogens (tertiary/aromatic N) is 3. The van der Waals surface area contributed by atoms with Crippen molar-refractivity contribution in [3.8, 4) is 5.75 Å². The average molecular weight is 320 g/mol. The number of benzene rings is 1. The molecule has 130 valence electrons. The van der Waals surface area contributed by atoms with E-state index in [-0.39, 0.29) is 0 Å². The maximum atomic E-state index is 5.20. The molecule has 0 aliphatic carbocycles. The lowest BCUT2D eigenvalue weighted by atomic mass is 10.2. The Hall–Kier alpha value is -1.75. The predicted molar refractivity (Wildman–Crippen MR) is 98.2 cm³/mol. The number of rotatable bonds is 8. The maximum absolute atomic E-state index is 5.20. The third-order valence-corrected chi connectivity index (χ3v) is 3.87. The first-order chi connectivity index (χ1) is 11.0. The normalized spacial score (nSPS) is 11.9. The van der Waals surface area contributed by atoms with Crippen molar-refractivity contribution in [2.24, 2.45) is 4.99 Å². The SMILES string of the molecule is CCNC(=NCCN(C)C(C)C)N(C)Cc1ccc(OC)cc1. The molecule has 1 aromatic rings. The molecule has 0 unspecified atom stereocenters. The first-order valence-corrected chi connectivity index (χ1v) is 8.30. The number of methoxy groups -OCH3 is 1. The number of likely N-dealkylation sites (N-methyl/N-ethyl adjacent to an activating group) is 1. The molecule has 0 saturated carbocycles. The molecule has 0 heterocycles. The van der Waals surface area contributed by atoms with Gasteiger partial charge in [-0.05, 0) is 45.5 Å². The van der Waals surface area contributed by atoms with Crippen LogP contribution in [0.3, 0.4) is 0 Å². The molecule has 0 aliphatic rings. The van der Waals surface area contributed by atoms with E-state index in [1.165, 1.54) is 5.56 Å². The first kappa shape index (κ1) is 19.3. The van der Waals surface area contributed by atoms with E-state index in [4.69, 9.17) is 9.73 Å². The minimum Gasteiger partial charge on any atom is -0.497 e. The fraction of sp³-hybridized carbons (Fsp3) is 0.611. The third-order valence-electron chi connectivity index (χ3n) is 3.87. The van der Waals surface area contributed by atoms with Crippen molar-refractivity contribution in [1.29, 1.82) is 0 Å². The zero-order valence-corrected chi connectivity index (χ0v) is 15.5. The quantitative estimate of drug-likeness (QED) is 0.590. The van der Waals surface area contributed by atoms with Gasteiger partial charge in [0.15, 0.2) is 5.96 Å². The lowest BCUT2D eigenvalue weighted by Crippen LogP contribution is -2.39. The van der Waals surface area contributed by atoms with Gasteiger partial charge in [-0.1, -0.05) is 12.1 Å². The van der Waals surface area contributed by atoms with Gasteiger partial charge >= 0.3 is 0 Å². The number of hydrogen-bond acceptors (Lipinski definition) is 3.